The second kappa shape index (κ2) is 6.39. The summed E-state index contributed by atoms with van der Waals surface area (Å²) in [5, 5.41) is 9.35. The zero-order chi connectivity index (χ0) is 13.7. The van der Waals surface area contributed by atoms with Crippen molar-refractivity contribution in [3.05, 3.63) is 59.7 Å². The van der Waals surface area contributed by atoms with Crippen LogP contribution in [0.15, 0.2) is 48.5 Å². The number of hydrogen-bond acceptors (Lipinski definition) is 2. The number of benzene rings is 2. The molecule has 0 aliphatic rings. The lowest BCUT2D eigenvalue weighted by molar-refractivity contribution is 0.305. The first kappa shape index (κ1) is 13.6. The smallest absolute Gasteiger partial charge is 0.0610 e. The van der Waals surface area contributed by atoms with Gasteiger partial charge < -0.3 is 10.0 Å². The van der Waals surface area contributed by atoms with E-state index in [9.17, 15) is 5.11 Å². The van der Waals surface area contributed by atoms with Gasteiger partial charge in [0.1, 0.15) is 0 Å². The first-order valence-electron chi connectivity index (χ1n) is 6.80. The lowest BCUT2D eigenvalue weighted by atomic mass is 10.0. The van der Waals surface area contributed by atoms with E-state index in [-0.39, 0.29) is 6.61 Å². The first-order chi connectivity index (χ1) is 9.27. The van der Waals surface area contributed by atoms with Crippen LogP contribution < -0.4 is 4.90 Å². The Hall–Kier alpha value is -1.80. The molecule has 0 atom stereocenters. The van der Waals surface area contributed by atoms with Crippen molar-refractivity contribution in [2.45, 2.75) is 20.3 Å². The van der Waals surface area contributed by atoms with Gasteiger partial charge in [-0.15, -0.1) is 0 Å². The molecule has 0 fully saturated rings. The van der Waals surface area contributed by atoms with E-state index < -0.39 is 0 Å². The molecule has 2 rings (SSSR count). The monoisotopic (exact) mass is 255 g/mol. The molecule has 0 amide bonds. The van der Waals surface area contributed by atoms with E-state index in [1.807, 2.05) is 18.2 Å². The highest BCUT2D eigenvalue weighted by Gasteiger charge is 2.13. The lowest BCUT2D eigenvalue weighted by Crippen LogP contribution is -2.22. The SMILES string of the molecule is CCc1c(C)cccc1N(CCO)c1ccccc1. The van der Waals surface area contributed by atoms with Crippen molar-refractivity contribution in [2.75, 3.05) is 18.1 Å². The normalized spacial score (nSPS) is 10.5. The quantitative estimate of drug-likeness (QED) is 0.880. The molecule has 100 valence electrons. The number of anilines is 2. The molecule has 2 heteroatoms. The molecule has 0 bridgehead atoms. The van der Waals surface area contributed by atoms with Gasteiger partial charge in [-0.25, -0.2) is 0 Å². The highest BCUT2D eigenvalue weighted by atomic mass is 16.3. The van der Waals surface area contributed by atoms with E-state index in [4.69, 9.17) is 0 Å². The maximum absolute atomic E-state index is 9.35. The molecule has 0 aliphatic carbocycles. The summed E-state index contributed by atoms with van der Waals surface area (Å²) in [7, 11) is 0. The van der Waals surface area contributed by atoms with Crippen LogP contribution in [0.5, 0.6) is 0 Å². The molecule has 0 saturated heterocycles. The molecule has 2 aromatic carbocycles. The second-order valence-electron chi connectivity index (χ2n) is 4.64. The molecule has 0 radical (unpaired) electrons. The molecule has 19 heavy (non-hydrogen) atoms. The van der Waals surface area contributed by atoms with Crippen LogP contribution in [-0.2, 0) is 6.42 Å². The summed E-state index contributed by atoms with van der Waals surface area (Å²) < 4.78 is 0. The standard InChI is InChI=1S/C17H21NO/c1-3-16-14(2)8-7-11-17(16)18(12-13-19)15-9-5-4-6-10-15/h4-11,19H,3,12-13H2,1-2H3. The highest BCUT2D eigenvalue weighted by molar-refractivity contribution is 5.67. The van der Waals surface area contributed by atoms with Crippen molar-refractivity contribution >= 4 is 11.4 Å². The second-order valence-corrected chi connectivity index (χ2v) is 4.64. The Balaban J connectivity index is 2.48. The number of nitrogens with zero attached hydrogens (tertiary/aromatic N) is 1. The molecule has 0 aromatic heterocycles. The van der Waals surface area contributed by atoms with Crippen molar-refractivity contribution in [1.82, 2.24) is 0 Å². The van der Waals surface area contributed by atoms with Gasteiger partial charge in [0.2, 0.25) is 0 Å². The van der Waals surface area contributed by atoms with Gasteiger partial charge in [-0.2, -0.15) is 0 Å². The maximum Gasteiger partial charge on any atom is 0.0610 e. The predicted molar refractivity (Wildman–Crippen MR) is 81.1 cm³/mol. The Bertz CT molecular complexity index is 522. The number of aliphatic hydroxyl groups excluding tert-OH is 1. The van der Waals surface area contributed by atoms with Crippen LogP contribution in [-0.4, -0.2) is 18.3 Å². The number of aliphatic hydroxyl groups is 1. The van der Waals surface area contributed by atoms with Crippen molar-refractivity contribution in [2.24, 2.45) is 0 Å². The summed E-state index contributed by atoms with van der Waals surface area (Å²) >= 11 is 0. The zero-order valence-corrected chi connectivity index (χ0v) is 11.6. The van der Waals surface area contributed by atoms with Gasteiger partial charge in [-0.05, 0) is 42.7 Å². The van der Waals surface area contributed by atoms with E-state index >= 15 is 0 Å². The van der Waals surface area contributed by atoms with Crippen LogP contribution in [0.2, 0.25) is 0 Å². The molecular formula is C17H21NO. The third kappa shape index (κ3) is 2.96. The van der Waals surface area contributed by atoms with Crippen molar-refractivity contribution in [3.8, 4) is 0 Å². The number of rotatable bonds is 5. The van der Waals surface area contributed by atoms with Crippen molar-refractivity contribution in [3.63, 3.8) is 0 Å². The molecular weight excluding hydrogens is 234 g/mol. The van der Waals surface area contributed by atoms with E-state index in [0.717, 1.165) is 12.1 Å². The fraction of sp³-hybridized carbons (Fsp3) is 0.294. The summed E-state index contributed by atoms with van der Waals surface area (Å²) in [5.41, 5.74) is 4.97. The third-order valence-corrected chi connectivity index (χ3v) is 3.42. The van der Waals surface area contributed by atoms with Gasteiger partial charge in [0.15, 0.2) is 0 Å². The Morgan fingerprint density at radius 3 is 2.37 bits per heavy atom. The van der Waals surface area contributed by atoms with E-state index in [0.29, 0.717) is 6.54 Å². The maximum atomic E-state index is 9.35. The van der Waals surface area contributed by atoms with Gasteiger partial charge in [0.25, 0.3) is 0 Å². The van der Waals surface area contributed by atoms with E-state index in [1.54, 1.807) is 0 Å². The Labute approximate surface area is 115 Å². The Morgan fingerprint density at radius 1 is 1.00 bits per heavy atom. The van der Waals surface area contributed by atoms with Crippen LogP contribution in [0.4, 0.5) is 11.4 Å². The predicted octanol–water partition coefficient (Wildman–Crippen LogP) is 3.69. The van der Waals surface area contributed by atoms with Crippen molar-refractivity contribution in [1.29, 1.82) is 0 Å². The van der Waals surface area contributed by atoms with E-state index in [2.05, 4.69) is 49.1 Å². The largest absolute Gasteiger partial charge is 0.395 e. The molecule has 2 nitrogen and oxygen atoms in total. The molecule has 0 unspecified atom stereocenters. The summed E-state index contributed by atoms with van der Waals surface area (Å²) in [4.78, 5) is 2.19. The molecule has 0 heterocycles. The van der Waals surface area contributed by atoms with Gasteiger partial charge in [0, 0.05) is 17.9 Å². The average molecular weight is 255 g/mol. The third-order valence-electron chi connectivity index (χ3n) is 3.42. The molecule has 2 aromatic rings. The average Bonchev–Trinajstić information content (AvgIpc) is 2.45. The fourth-order valence-corrected chi connectivity index (χ4v) is 2.50. The van der Waals surface area contributed by atoms with Gasteiger partial charge in [0.05, 0.1) is 6.61 Å². The fourth-order valence-electron chi connectivity index (χ4n) is 2.50. The van der Waals surface area contributed by atoms with Crippen LogP contribution in [0.1, 0.15) is 18.1 Å². The minimum absolute atomic E-state index is 0.145. The minimum Gasteiger partial charge on any atom is -0.395 e. The molecule has 0 spiro atoms. The summed E-state index contributed by atoms with van der Waals surface area (Å²) in [6, 6.07) is 16.6. The summed E-state index contributed by atoms with van der Waals surface area (Å²) in [5.74, 6) is 0. The molecule has 0 saturated carbocycles. The van der Waals surface area contributed by atoms with Gasteiger partial charge in [-0.3, -0.25) is 0 Å². The highest BCUT2D eigenvalue weighted by Crippen LogP contribution is 2.30. The molecule has 1 N–H and O–H groups in total. The zero-order valence-electron chi connectivity index (χ0n) is 11.6. The first-order valence-corrected chi connectivity index (χ1v) is 6.80. The number of aryl methyl sites for hydroxylation is 1. The van der Waals surface area contributed by atoms with Crippen LogP contribution in [0.25, 0.3) is 0 Å². The number of para-hydroxylation sites is 1. The summed E-state index contributed by atoms with van der Waals surface area (Å²) in [6.07, 6.45) is 0.997. The lowest BCUT2D eigenvalue weighted by Gasteiger charge is -2.27. The van der Waals surface area contributed by atoms with Gasteiger partial charge >= 0.3 is 0 Å². The Kier molecular flexibility index (Phi) is 4.58. The van der Waals surface area contributed by atoms with Crippen LogP contribution >= 0.6 is 0 Å². The van der Waals surface area contributed by atoms with Gasteiger partial charge in [-0.1, -0.05) is 37.3 Å². The topological polar surface area (TPSA) is 23.5 Å². The Morgan fingerprint density at radius 2 is 1.74 bits per heavy atom. The minimum atomic E-state index is 0.145. The van der Waals surface area contributed by atoms with Crippen LogP contribution in [0.3, 0.4) is 0 Å². The van der Waals surface area contributed by atoms with E-state index in [1.165, 1.54) is 16.8 Å². The summed E-state index contributed by atoms with van der Waals surface area (Å²) in [6.45, 7) is 5.07. The van der Waals surface area contributed by atoms with Crippen LogP contribution in [0, 0.1) is 6.92 Å². The van der Waals surface area contributed by atoms with Crippen molar-refractivity contribution < 1.29 is 5.11 Å². The molecule has 0 aliphatic heterocycles. The number of hydrogen-bond donors (Lipinski definition) is 1.